The second-order valence-electron chi connectivity index (χ2n) is 7.31. The van der Waals surface area contributed by atoms with Crippen molar-refractivity contribution in [3.05, 3.63) is 140 Å². The highest BCUT2D eigenvalue weighted by atomic mass is 32.2. The first-order chi connectivity index (χ1) is 15.9. The van der Waals surface area contributed by atoms with Crippen molar-refractivity contribution < 1.29 is 0 Å². The lowest BCUT2D eigenvalue weighted by Gasteiger charge is -2.09. The fourth-order valence-corrected chi connectivity index (χ4v) is 6.48. The van der Waals surface area contributed by atoms with Gasteiger partial charge in [-0.05, 0) is 77.9 Å². The molecule has 0 saturated heterocycles. The lowest BCUT2D eigenvalue weighted by Crippen LogP contribution is -2.04. The molecule has 0 saturated carbocycles. The highest BCUT2D eigenvalue weighted by Crippen LogP contribution is 2.34. The first-order valence-corrected chi connectivity index (χ1v) is 12.6. The van der Waals surface area contributed by atoms with Crippen LogP contribution in [0.5, 0.6) is 0 Å². The molecule has 153 valence electrons. The fourth-order valence-electron chi connectivity index (χ4n) is 3.58. The third-order valence-corrected chi connectivity index (χ3v) is 8.37. The zero-order chi connectivity index (χ0) is 21.6. The van der Waals surface area contributed by atoms with Crippen molar-refractivity contribution in [1.82, 2.24) is 0 Å². The van der Waals surface area contributed by atoms with E-state index in [1.165, 1.54) is 30.0 Å². The molecule has 0 aliphatic carbocycles. The Kier molecular flexibility index (Phi) is 6.43. The molecule has 0 aromatic heterocycles. The number of rotatable bonds is 6. The van der Waals surface area contributed by atoms with E-state index in [1.807, 2.05) is 12.1 Å². The Hall–Kier alpha value is -3.20. The van der Waals surface area contributed by atoms with Gasteiger partial charge < -0.3 is 0 Å². The lowest BCUT2D eigenvalue weighted by molar-refractivity contribution is 1.28. The highest BCUT2D eigenvalue weighted by Gasteiger charge is 2.28. The summed E-state index contributed by atoms with van der Waals surface area (Å²) >= 11 is 1.80. The van der Waals surface area contributed by atoms with E-state index in [4.69, 9.17) is 0 Å². The van der Waals surface area contributed by atoms with Gasteiger partial charge in [-0.3, -0.25) is 0 Å². The Morgan fingerprint density at radius 2 is 0.969 bits per heavy atom. The predicted octanol–water partition coefficient (Wildman–Crippen LogP) is 8.40. The molecule has 0 aliphatic rings. The molecule has 0 heterocycles. The average Bonchev–Trinajstić information content (AvgIpc) is 2.88. The lowest BCUT2D eigenvalue weighted by atomic mass is 10.1. The van der Waals surface area contributed by atoms with E-state index in [0.717, 1.165) is 5.56 Å². The molecule has 0 N–H and O–H groups in total. The Morgan fingerprint density at radius 1 is 0.469 bits per heavy atom. The van der Waals surface area contributed by atoms with Crippen LogP contribution in [0.15, 0.2) is 158 Å². The third kappa shape index (κ3) is 4.83. The van der Waals surface area contributed by atoms with Gasteiger partial charge in [0.25, 0.3) is 0 Å². The Labute approximate surface area is 197 Å². The normalized spacial score (nSPS) is 10.9. The fraction of sp³-hybridized carbons (Fsp3) is 0. The zero-order valence-electron chi connectivity index (χ0n) is 17.5. The molecule has 0 nitrogen and oxygen atoms in total. The first-order valence-electron chi connectivity index (χ1n) is 10.6. The van der Waals surface area contributed by atoms with Crippen molar-refractivity contribution in [3.8, 4) is 11.1 Å². The van der Waals surface area contributed by atoms with E-state index in [0.29, 0.717) is 0 Å². The van der Waals surface area contributed by atoms with Gasteiger partial charge in [-0.25, -0.2) is 0 Å². The summed E-state index contributed by atoms with van der Waals surface area (Å²) < 4.78 is 0. The van der Waals surface area contributed by atoms with Crippen LogP contribution >= 0.6 is 11.8 Å². The Balaban J connectivity index is 1.37. The van der Waals surface area contributed by atoms with Gasteiger partial charge in [-0.1, -0.05) is 84.6 Å². The van der Waals surface area contributed by atoms with Crippen LogP contribution in [0.2, 0.25) is 0 Å². The van der Waals surface area contributed by atoms with Gasteiger partial charge in [0.05, 0.1) is 10.9 Å². The summed E-state index contributed by atoms with van der Waals surface area (Å²) in [6.45, 7) is 0. The van der Waals surface area contributed by atoms with Crippen LogP contribution in [0.25, 0.3) is 11.1 Å². The van der Waals surface area contributed by atoms with Crippen molar-refractivity contribution in [1.29, 1.82) is 0 Å². The van der Waals surface area contributed by atoms with Crippen molar-refractivity contribution in [2.24, 2.45) is 0 Å². The second-order valence-corrected chi connectivity index (χ2v) is 10.5. The Morgan fingerprint density at radius 3 is 1.50 bits per heavy atom. The minimum absolute atomic E-state index is 0.106. The number of hydrogen-bond donors (Lipinski definition) is 0. The molecule has 5 aromatic rings. The molecule has 2 heteroatoms. The summed E-state index contributed by atoms with van der Waals surface area (Å²) in [5.74, 6) is 0. The smallest absolute Gasteiger partial charge is 0.0901 e. The monoisotopic (exact) mass is 446 g/mol. The van der Waals surface area contributed by atoms with Gasteiger partial charge in [0, 0.05) is 9.79 Å². The molecule has 0 aliphatic heterocycles. The van der Waals surface area contributed by atoms with Crippen LogP contribution in [0, 0.1) is 6.07 Å². The van der Waals surface area contributed by atoms with Crippen LogP contribution in [-0.2, 0) is 10.9 Å². The SMILES string of the molecule is [c]1ccccc1-c1ccc(Sc2ccc([S+](c3ccccc3)c3ccccc3)cc2)cc1. The Bertz CT molecular complexity index is 1210. The number of benzene rings is 5. The quantitative estimate of drug-likeness (QED) is 0.236. The van der Waals surface area contributed by atoms with Crippen LogP contribution < -0.4 is 0 Å². The summed E-state index contributed by atoms with van der Waals surface area (Å²) in [6.07, 6.45) is 0. The van der Waals surface area contributed by atoms with Crippen LogP contribution in [0.4, 0.5) is 0 Å². The van der Waals surface area contributed by atoms with Gasteiger partial charge in [0.1, 0.15) is 0 Å². The molecule has 5 rings (SSSR count). The van der Waals surface area contributed by atoms with E-state index in [9.17, 15) is 0 Å². The zero-order valence-corrected chi connectivity index (χ0v) is 19.2. The molecular formula is C30H22S2+. The molecule has 0 bridgehead atoms. The minimum Gasteiger partial charge on any atom is -0.0901 e. The predicted molar refractivity (Wildman–Crippen MR) is 136 cm³/mol. The van der Waals surface area contributed by atoms with Crippen molar-refractivity contribution in [3.63, 3.8) is 0 Å². The molecule has 0 unspecified atom stereocenters. The highest BCUT2D eigenvalue weighted by molar-refractivity contribution is 7.99. The van der Waals surface area contributed by atoms with E-state index in [1.54, 1.807) is 11.8 Å². The molecule has 1 radical (unpaired) electrons. The van der Waals surface area contributed by atoms with Gasteiger partial charge in [0.2, 0.25) is 0 Å². The van der Waals surface area contributed by atoms with E-state index in [2.05, 4.69) is 127 Å². The molecule has 0 spiro atoms. The second kappa shape index (κ2) is 9.95. The maximum atomic E-state index is 3.29. The molecule has 32 heavy (non-hydrogen) atoms. The molecular weight excluding hydrogens is 424 g/mol. The van der Waals surface area contributed by atoms with Gasteiger partial charge in [0.15, 0.2) is 14.7 Å². The largest absolute Gasteiger partial charge is 0.166 e. The maximum Gasteiger partial charge on any atom is 0.166 e. The summed E-state index contributed by atoms with van der Waals surface area (Å²) in [6, 6.07) is 50.7. The summed E-state index contributed by atoms with van der Waals surface area (Å²) in [7, 11) is -0.106. The summed E-state index contributed by atoms with van der Waals surface area (Å²) in [5, 5.41) is 0. The van der Waals surface area contributed by atoms with Crippen molar-refractivity contribution >= 4 is 22.7 Å². The number of hydrogen-bond acceptors (Lipinski definition) is 1. The van der Waals surface area contributed by atoms with E-state index < -0.39 is 0 Å². The van der Waals surface area contributed by atoms with Crippen molar-refractivity contribution in [2.75, 3.05) is 0 Å². The maximum absolute atomic E-state index is 3.29. The molecule has 5 aromatic carbocycles. The topological polar surface area (TPSA) is 0 Å². The first kappa shape index (κ1) is 20.7. The summed E-state index contributed by atoms with van der Waals surface area (Å²) in [5.41, 5.74) is 2.32. The van der Waals surface area contributed by atoms with Gasteiger partial charge >= 0.3 is 0 Å². The third-order valence-electron chi connectivity index (χ3n) is 5.13. The molecule has 0 fully saturated rings. The van der Waals surface area contributed by atoms with Crippen LogP contribution in [-0.4, -0.2) is 0 Å². The summed E-state index contributed by atoms with van der Waals surface area (Å²) in [4.78, 5) is 6.50. The minimum atomic E-state index is -0.106. The van der Waals surface area contributed by atoms with E-state index >= 15 is 0 Å². The van der Waals surface area contributed by atoms with Crippen molar-refractivity contribution in [2.45, 2.75) is 24.5 Å². The van der Waals surface area contributed by atoms with E-state index in [-0.39, 0.29) is 10.9 Å². The van der Waals surface area contributed by atoms with Crippen LogP contribution in [0.1, 0.15) is 0 Å². The molecule has 0 amide bonds. The standard InChI is InChI=1S/C30H22S2/c1-4-10-24(11-5-1)25-16-18-26(19-17-25)31-27-20-22-30(23-21-27)32(28-12-6-2-7-13-28)29-14-8-3-9-15-29/h1-10,12-23H/q+1. The van der Waals surface area contributed by atoms with Crippen LogP contribution in [0.3, 0.4) is 0 Å². The van der Waals surface area contributed by atoms with Gasteiger partial charge in [-0.2, -0.15) is 0 Å². The average molecular weight is 447 g/mol. The van der Waals surface area contributed by atoms with Gasteiger partial charge in [-0.15, -0.1) is 0 Å². The molecule has 0 atom stereocenters.